The second kappa shape index (κ2) is 15.8. The van der Waals surface area contributed by atoms with Gasteiger partial charge >= 0.3 is 0 Å². The number of nitrogens with zero attached hydrogens (tertiary/aromatic N) is 4. The van der Waals surface area contributed by atoms with Crippen molar-refractivity contribution in [3.05, 3.63) is 127 Å². The van der Waals surface area contributed by atoms with E-state index in [1.165, 1.54) is 18.0 Å². The normalized spacial score (nSPS) is 23.5. The van der Waals surface area contributed by atoms with Gasteiger partial charge in [0.15, 0.2) is 23.7 Å². The van der Waals surface area contributed by atoms with E-state index in [0.717, 1.165) is 17.7 Å². The van der Waals surface area contributed by atoms with E-state index >= 15 is 8.78 Å². The van der Waals surface area contributed by atoms with Crippen LogP contribution in [0.25, 0.3) is 10.4 Å². The molecule has 0 amide bonds. The Morgan fingerprint density at radius 1 is 1.04 bits per heavy atom. The molecule has 0 radical (unpaired) electrons. The minimum Gasteiger partial charge on any atom is -0.497 e. The zero-order valence-corrected chi connectivity index (χ0v) is 28.4. The van der Waals surface area contributed by atoms with Crippen LogP contribution in [-0.4, -0.2) is 48.5 Å². The number of methoxy groups -OCH3 is 1. The lowest BCUT2D eigenvalue weighted by Gasteiger charge is -2.48. The largest absolute Gasteiger partial charge is 0.497 e. The van der Waals surface area contributed by atoms with Crippen LogP contribution >= 0.6 is 39.3 Å². The van der Waals surface area contributed by atoms with Crippen molar-refractivity contribution in [2.45, 2.75) is 54.2 Å². The lowest BCUT2D eigenvalue weighted by molar-refractivity contribution is -0.300. The predicted octanol–water partition coefficient (Wildman–Crippen LogP) is 8.56. The third kappa shape index (κ3) is 8.04. The van der Waals surface area contributed by atoms with Gasteiger partial charge in [0.1, 0.15) is 40.7 Å². The number of azide groups is 1. The van der Waals surface area contributed by atoms with Crippen LogP contribution in [0.2, 0.25) is 5.02 Å². The van der Waals surface area contributed by atoms with Crippen molar-refractivity contribution in [2.24, 2.45) is 5.11 Å². The molecule has 0 saturated carbocycles. The summed E-state index contributed by atoms with van der Waals surface area (Å²) in [4.78, 5) is 7.98. The second-order valence-electron chi connectivity index (χ2n) is 10.8. The van der Waals surface area contributed by atoms with E-state index in [1.807, 2.05) is 30.3 Å². The number of hydrogen-bond donors (Lipinski definition) is 0. The summed E-state index contributed by atoms with van der Waals surface area (Å²) in [6.07, 6.45) is -1.57. The average Bonchev–Trinajstić information content (AvgIpc) is 3.09. The van der Waals surface area contributed by atoms with Crippen molar-refractivity contribution < 1.29 is 37.2 Å². The van der Waals surface area contributed by atoms with Crippen molar-refractivity contribution in [1.29, 1.82) is 0 Å². The smallest absolute Gasteiger partial charge is 0.191 e. The van der Waals surface area contributed by atoms with E-state index < -0.39 is 53.5 Å². The minimum atomic E-state index is -0.940. The number of pyridine rings is 1. The number of thioether (sulfide) groups is 1. The first-order chi connectivity index (χ1) is 23.3. The van der Waals surface area contributed by atoms with Gasteiger partial charge in [0.25, 0.3) is 0 Å². The van der Waals surface area contributed by atoms with E-state index in [9.17, 15) is 5.53 Å². The van der Waals surface area contributed by atoms with Crippen LogP contribution in [0, 0.1) is 11.6 Å². The molecule has 6 atom stereocenters. The van der Waals surface area contributed by atoms with Crippen LogP contribution in [0.5, 0.6) is 11.5 Å². The number of halogens is 4. The molecule has 0 aliphatic carbocycles. The molecule has 10 nitrogen and oxygen atoms in total. The Balaban J connectivity index is 1.23. The number of benzene rings is 3. The summed E-state index contributed by atoms with van der Waals surface area (Å²) in [5, 5.41) is 4.48. The highest BCUT2D eigenvalue weighted by Gasteiger charge is 2.50. The molecule has 250 valence electrons. The van der Waals surface area contributed by atoms with Gasteiger partial charge in [-0.2, -0.15) is 0 Å². The standard InChI is InChI=1S/C33H28BrClF2N4O6S/c1-42-22-9-7-18(8-10-22)15-43-28-23(36)11-19(12-24(28)37)16-44-30-27(40-41-38)29-25(17-45-32(47-29)20-5-3-2-4-6-20)46-33(30)48-26-13-21(35)14-39-31(26)34/h2-14,25,27,29-30,32-33H,15-17H2,1H3/t25?,27-,29-,30?,32?,33+/m0/s1. The summed E-state index contributed by atoms with van der Waals surface area (Å²) < 4.78 is 66.5. The SMILES string of the molecule is COc1ccc(COc2c(F)cc(COC3[C@@H](Sc4cc(Cl)cnc4Br)OC4COC(c5ccccc5)O[C@@H]4[C@@H]3N=[N+]=[N-])cc2F)cc1. The molecule has 3 unspecified atom stereocenters. The maximum atomic E-state index is 15.2. The van der Waals surface area contributed by atoms with Gasteiger partial charge in [-0.25, -0.2) is 13.8 Å². The predicted molar refractivity (Wildman–Crippen MR) is 177 cm³/mol. The van der Waals surface area contributed by atoms with Crippen molar-refractivity contribution in [3.63, 3.8) is 0 Å². The van der Waals surface area contributed by atoms with Crippen molar-refractivity contribution in [1.82, 2.24) is 4.98 Å². The lowest BCUT2D eigenvalue weighted by Crippen LogP contribution is -2.60. The Labute approximate surface area is 292 Å². The van der Waals surface area contributed by atoms with Crippen LogP contribution in [0.3, 0.4) is 0 Å². The summed E-state index contributed by atoms with van der Waals surface area (Å²) in [7, 11) is 1.55. The molecule has 15 heteroatoms. The van der Waals surface area contributed by atoms with Gasteiger partial charge < -0.3 is 28.4 Å². The molecule has 2 aliphatic heterocycles. The molecular weight excluding hydrogens is 734 g/mol. The second-order valence-corrected chi connectivity index (χ2v) is 13.1. The lowest BCUT2D eigenvalue weighted by atomic mass is 9.96. The van der Waals surface area contributed by atoms with Crippen LogP contribution in [0.15, 0.2) is 93.6 Å². The number of aromatic nitrogens is 1. The van der Waals surface area contributed by atoms with Gasteiger partial charge in [0.05, 0.1) is 31.4 Å². The third-order valence-electron chi connectivity index (χ3n) is 7.63. The molecule has 4 aromatic rings. The molecule has 2 saturated heterocycles. The van der Waals surface area contributed by atoms with E-state index in [4.69, 9.17) is 40.0 Å². The van der Waals surface area contributed by atoms with Crippen molar-refractivity contribution >= 4 is 39.3 Å². The Hall–Kier alpha value is -3.46. The fraction of sp³-hybridized carbons (Fsp3) is 0.303. The summed E-state index contributed by atoms with van der Waals surface area (Å²) >= 11 is 10.9. The molecule has 3 heterocycles. The van der Waals surface area contributed by atoms with Crippen LogP contribution < -0.4 is 9.47 Å². The third-order valence-corrected chi connectivity index (χ3v) is 9.90. The molecule has 0 N–H and O–H groups in total. The van der Waals surface area contributed by atoms with E-state index in [-0.39, 0.29) is 25.4 Å². The highest BCUT2D eigenvalue weighted by molar-refractivity contribution is 9.10. The van der Waals surface area contributed by atoms with Gasteiger partial charge in [-0.1, -0.05) is 70.9 Å². The quantitative estimate of drug-likeness (QED) is 0.0646. The van der Waals surface area contributed by atoms with Crippen molar-refractivity contribution in [3.8, 4) is 11.5 Å². The summed E-state index contributed by atoms with van der Waals surface area (Å²) in [6, 6.07) is 19.3. The Morgan fingerprint density at radius 2 is 1.79 bits per heavy atom. The van der Waals surface area contributed by atoms with Gasteiger partial charge in [0, 0.05) is 21.6 Å². The molecule has 2 aliphatic rings. The molecule has 6 rings (SSSR count). The highest BCUT2D eigenvalue weighted by Crippen LogP contribution is 2.43. The Kier molecular flexibility index (Phi) is 11.3. The Bertz CT molecular complexity index is 1750. The molecule has 2 fully saturated rings. The van der Waals surface area contributed by atoms with Gasteiger partial charge in [-0.05, 0) is 62.9 Å². The monoisotopic (exact) mass is 760 g/mol. The number of rotatable bonds is 11. The van der Waals surface area contributed by atoms with Crippen LogP contribution in [-0.2, 0) is 32.2 Å². The number of hydrogen-bond acceptors (Lipinski definition) is 9. The summed E-state index contributed by atoms with van der Waals surface area (Å²) in [5.41, 5.74) is 10.5. The Morgan fingerprint density at radius 3 is 2.50 bits per heavy atom. The van der Waals surface area contributed by atoms with E-state index in [1.54, 1.807) is 37.4 Å². The zero-order chi connectivity index (χ0) is 33.6. The molecular formula is C33H28BrClF2N4O6S. The summed E-state index contributed by atoms with van der Waals surface area (Å²) in [5.74, 6) is -1.66. The average molecular weight is 762 g/mol. The minimum absolute atomic E-state index is 0.0516. The molecule has 0 bridgehead atoms. The molecule has 1 aromatic heterocycles. The fourth-order valence-corrected chi connectivity index (χ4v) is 7.21. The van der Waals surface area contributed by atoms with Gasteiger partial charge in [0.2, 0.25) is 0 Å². The topological polar surface area (TPSA) is 117 Å². The van der Waals surface area contributed by atoms with Gasteiger partial charge in [-0.3, -0.25) is 0 Å². The first kappa shape index (κ1) is 34.4. The van der Waals surface area contributed by atoms with Gasteiger partial charge in [-0.15, -0.1) is 0 Å². The van der Waals surface area contributed by atoms with E-state index in [0.29, 0.717) is 25.8 Å². The zero-order valence-electron chi connectivity index (χ0n) is 25.2. The van der Waals surface area contributed by atoms with Crippen LogP contribution in [0.4, 0.5) is 8.78 Å². The maximum absolute atomic E-state index is 15.2. The number of ether oxygens (including phenoxy) is 6. The number of fused-ring (bicyclic) bond motifs is 1. The molecule has 0 spiro atoms. The fourth-order valence-electron chi connectivity index (χ4n) is 5.32. The van der Waals surface area contributed by atoms with Crippen LogP contribution in [0.1, 0.15) is 23.0 Å². The molecule has 48 heavy (non-hydrogen) atoms. The van der Waals surface area contributed by atoms with E-state index in [2.05, 4.69) is 30.9 Å². The first-order valence-electron chi connectivity index (χ1n) is 14.7. The summed E-state index contributed by atoms with van der Waals surface area (Å²) in [6.45, 7) is -0.154. The van der Waals surface area contributed by atoms with Crippen molar-refractivity contribution in [2.75, 3.05) is 13.7 Å². The molecule has 3 aromatic carbocycles. The maximum Gasteiger partial charge on any atom is 0.191 e. The highest BCUT2D eigenvalue weighted by atomic mass is 79.9. The first-order valence-corrected chi connectivity index (χ1v) is 16.7.